The molecule has 0 radical (unpaired) electrons. The molecule has 2 unspecified atom stereocenters. The summed E-state index contributed by atoms with van der Waals surface area (Å²) in [6.45, 7) is 3.56. The van der Waals surface area contributed by atoms with Gasteiger partial charge < -0.3 is 19.0 Å². The van der Waals surface area contributed by atoms with Crippen LogP contribution < -0.4 is 0 Å². The van der Waals surface area contributed by atoms with E-state index in [1.54, 1.807) is 38.1 Å². The number of phenols is 1. The van der Waals surface area contributed by atoms with Crippen LogP contribution in [0.4, 0.5) is 0 Å². The lowest BCUT2D eigenvalue weighted by molar-refractivity contribution is -0.138. The summed E-state index contributed by atoms with van der Waals surface area (Å²) in [5, 5.41) is 9.52. The Labute approximate surface area is 144 Å². The van der Waals surface area contributed by atoms with Gasteiger partial charge in [-0.25, -0.2) is 4.79 Å². The number of benzene rings is 1. The fourth-order valence-electron chi connectivity index (χ4n) is 2.96. The molecule has 2 heterocycles. The van der Waals surface area contributed by atoms with E-state index in [-0.39, 0.29) is 23.9 Å². The number of Topliss-reactive ketones (excluding diaryl/α,β-unsaturated/α-hetero) is 1. The van der Waals surface area contributed by atoms with Crippen molar-refractivity contribution < 1.29 is 28.6 Å². The first-order chi connectivity index (χ1) is 12.0. The molecule has 25 heavy (non-hydrogen) atoms. The van der Waals surface area contributed by atoms with E-state index in [1.807, 2.05) is 0 Å². The lowest BCUT2D eigenvalue weighted by Crippen LogP contribution is -2.29. The van der Waals surface area contributed by atoms with Crippen molar-refractivity contribution >= 4 is 11.8 Å². The average molecular weight is 342 g/mol. The number of hydrogen-bond donors (Lipinski definition) is 1. The van der Waals surface area contributed by atoms with Gasteiger partial charge in [-0.05, 0) is 43.7 Å². The molecule has 6 nitrogen and oxygen atoms in total. The zero-order valence-electron chi connectivity index (χ0n) is 13.9. The number of allylic oxidation sites excluding steroid dienone is 1. The standard InChI is InChI=1S/C19H18O6/c1-3-23-19(22)15-11(2)25-18(17(21)14-5-4-10-24-14)16(15)12-6-8-13(20)9-7-12/h4-10,16,18,20H,3H2,1-2H3. The van der Waals surface area contributed by atoms with Crippen molar-refractivity contribution in [1.82, 2.24) is 0 Å². The maximum Gasteiger partial charge on any atom is 0.338 e. The highest BCUT2D eigenvalue weighted by Gasteiger charge is 2.45. The second kappa shape index (κ2) is 6.84. The van der Waals surface area contributed by atoms with Gasteiger partial charge in [-0.1, -0.05) is 12.1 Å². The molecule has 130 valence electrons. The third-order valence-corrected chi connectivity index (χ3v) is 4.07. The molecular weight excluding hydrogens is 324 g/mol. The Balaban J connectivity index is 2.03. The first-order valence-corrected chi connectivity index (χ1v) is 7.94. The summed E-state index contributed by atoms with van der Waals surface area (Å²) in [6.07, 6.45) is 0.472. The zero-order chi connectivity index (χ0) is 18.0. The third-order valence-electron chi connectivity index (χ3n) is 4.07. The predicted molar refractivity (Wildman–Crippen MR) is 88.1 cm³/mol. The highest BCUT2D eigenvalue weighted by Crippen LogP contribution is 2.41. The van der Waals surface area contributed by atoms with Crippen LogP contribution in [-0.4, -0.2) is 29.6 Å². The molecule has 0 amide bonds. The summed E-state index contributed by atoms with van der Waals surface area (Å²) in [6, 6.07) is 9.48. The van der Waals surface area contributed by atoms with E-state index in [0.29, 0.717) is 16.9 Å². The van der Waals surface area contributed by atoms with Crippen LogP contribution in [-0.2, 0) is 14.3 Å². The van der Waals surface area contributed by atoms with Gasteiger partial charge >= 0.3 is 5.97 Å². The number of rotatable bonds is 5. The van der Waals surface area contributed by atoms with Crippen LogP contribution in [0.1, 0.15) is 35.9 Å². The molecule has 0 bridgehead atoms. The summed E-state index contributed by atoms with van der Waals surface area (Å²) in [7, 11) is 0. The van der Waals surface area contributed by atoms with Crippen LogP contribution in [0.3, 0.4) is 0 Å². The number of ether oxygens (including phenoxy) is 2. The SMILES string of the molecule is CCOC(=O)C1=C(C)OC(C(=O)c2ccco2)C1c1ccc(O)cc1. The minimum atomic E-state index is -0.935. The Morgan fingerprint density at radius 2 is 1.92 bits per heavy atom. The van der Waals surface area contributed by atoms with Crippen LogP contribution in [0.25, 0.3) is 0 Å². The molecule has 6 heteroatoms. The smallest absolute Gasteiger partial charge is 0.338 e. The summed E-state index contributed by atoms with van der Waals surface area (Å²) < 4.78 is 16.0. The molecule has 0 saturated heterocycles. The number of carbonyl (C=O) groups is 2. The van der Waals surface area contributed by atoms with Crippen molar-refractivity contribution in [2.45, 2.75) is 25.9 Å². The fraction of sp³-hybridized carbons (Fsp3) is 0.263. The molecule has 0 fully saturated rings. The molecular formula is C19H18O6. The summed E-state index contributed by atoms with van der Waals surface area (Å²) in [4.78, 5) is 25.2. The number of carbonyl (C=O) groups excluding carboxylic acids is 2. The molecule has 0 aliphatic carbocycles. The predicted octanol–water partition coefficient (Wildman–Crippen LogP) is 3.19. The second-order valence-electron chi connectivity index (χ2n) is 5.64. The lowest BCUT2D eigenvalue weighted by Gasteiger charge is -2.19. The fourth-order valence-corrected chi connectivity index (χ4v) is 2.96. The molecule has 1 aliphatic heterocycles. The number of hydrogen-bond acceptors (Lipinski definition) is 6. The normalized spacial score (nSPS) is 19.6. The molecule has 1 aliphatic rings. The number of ketones is 1. The Bertz CT molecular complexity index is 801. The monoisotopic (exact) mass is 342 g/mol. The number of furan rings is 1. The topological polar surface area (TPSA) is 86.0 Å². The van der Waals surface area contributed by atoms with Crippen molar-refractivity contribution in [1.29, 1.82) is 0 Å². The van der Waals surface area contributed by atoms with E-state index >= 15 is 0 Å². The molecule has 0 saturated carbocycles. The Kier molecular flexibility index (Phi) is 4.61. The highest BCUT2D eigenvalue weighted by molar-refractivity contribution is 6.01. The lowest BCUT2D eigenvalue weighted by atomic mass is 9.85. The number of aromatic hydroxyl groups is 1. The average Bonchev–Trinajstić information content (AvgIpc) is 3.23. The van der Waals surface area contributed by atoms with Gasteiger partial charge in [0, 0.05) is 0 Å². The largest absolute Gasteiger partial charge is 0.508 e. The second-order valence-corrected chi connectivity index (χ2v) is 5.64. The van der Waals surface area contributed by atoms with Gasteiger partial charge in [-0.15, -0.1) is 0 Å². The van der Waals surface area contributed by atoms with Gasteiger partial charge in [0.1, 0.15) is 11.5 Å². The molecule has 1 aromatic carbocycles. The molecule has 2 atom stereocenters. The van der Waals surface area contributed by atoms with Gasteiger partial charge in [0.05, 0.1) is 24.4 Å². The van der Waals surface area contributed by atoms with Crippen molar-refractivity contribution in [2.75, 3.05) is 6.61 Å². The van der Waals surface area contributed by atoms with Gasteiger partial charge in [-0.2, -0.15) is 0 Å². The zero-order valence-corrected chi connectivity index (χ0v) is 13.9. The quantitative estimate of drug-likeness (QED) is 0.663. The maximum absolute atomic E-state index is 12.8. The minimum Gasteiger partial charge on any atom is -0.508 e. The van der Waals surface area contributed by atoms with Crippen LogP contribution in [0, 0.1) is 0 Å². The molecule has 1 aromatic heterocycles. The van der Waals surface area contributed by atoms with E-state index in [9.17, 15) is 14.7 Å². The van der Waals surface area contributed by atoms with Crippen molar-refractivity contribution in [3.05, 3.63) is 65.3 Å². The summed E-state index contributed by atoms with van der Waals surface area (Å²) >= 11 is 0. The van der Waals surface area contributed by atoms with E-state index < -0.39 is 18.0 Å². The Morgan fingerprint density at radius 1 is 1.20 bits per heavy atom. The molecule has 1 N–H and O–H groups in total. The van der Waals surface area contributed by atoms with E-state index in [0.717, 1.165) is 0 Å². The van der Waals surface area contributed by atoms with Gasteiger partial charge in [-0.3, -0.25) is 4.79 Å². The minimum absolute atomic E-state index is 0.0926. The summed E-state index contributed by atoms with van der Waals surface area (Å²) in [5.74, 6) is -0.921. The molecule has 2 aromatic rings. The van der Waals surface area contributed by atoms with Crippen molar-refractivity contribution in [2.24, 2.45) is 0 Å². The van der Waals surface area contributed by atoms with E-state index in [1.165, 1.54) is 18.4 Å². The van der Waals surface area contributed by atoms with Gasteiger partial charge in [0.15, 0.2) is 11.9 Å². The van der Waals surface area contributed by atoms with Crippen molar-refractivity contribution in [3.8, 4) is 5.75 Å². The van der Waals surface area contributed by atoms with Crippen LogP contribution >= 0.6 is 0 Å². The van der Waals surface area contributed by atoms with E-state index in [2.05, 4.69) is 0 Å². The first-order valence-electron chi connectivity index (χ1n) is 7.94. The van der Waals surface area contributed by atoms with Crippen molar-refractivity contribution in [3.63, 3.8) is 0 Å². The van der Waals surface area contributed by atoms with Crippen LogP contribution in [0.15, 0.2) is 58.4 Å². The number of phenolic OH excluding ortho intramolecular Hbond substituents is 1. The van der Waals surface area contributed by atoms with Gasteiger partial charge in [0.2, 0.25) is 5.78 Å². The third kappa shape index (κ3) is 3.15. The van der Waals surface area contributed by atoms with E-state index in [4.69, 9.17) is 13.9 Å². The molecule has 0 spiro atoms. The number of esters is 1. The van der Waals surface area contributed by atoms with Crippen LogP contribution in [0.2, 0.25) is 0 Å². The van der Waals surface area contributed by atoms with Crippen LogP contribution in [0.5, 0.6) is 5.75 Å². The Morgan fingerprint density at radius 3 is 2.52 bits per heavy atom. The highest BCUT2D eigenvalue weighted by atomic mass is 16.5. The van der Waals surface area contributed by atoms with Gasteiger partial charge in [0.25, 0.3) is 0 Å². The first kappa shape index (κ1) is 16.8. The maximum atomic E-state index is 12.8. The Hall–Kier alpha value is -3.02. The molecule has 3 rings (SSSR count). The summed E-state index contributed by atoms with van der Waals surface area (Å²) in [5.41, 5.74) is 0.972.